The second kappa shape index (κ2) is 5.86. The quantitative estimate of drug-likeness (QED) is 0.891. The number of aromatic amines is 1. The SMILES string of the molecule is Cc1cc(F)cc(S(=O)(=O)N(C)C[C@@H](C)c2nn[nH]n2)c1. The molecule has 0 aliphatic carbocycles. The highest BCUT2D eigenvalue weighted by Gasteiger charge is 2.25. The summed E-state index contributed by atoms with van der Waals surface area (Å²) in [7, 11) is -2.33. The van der Waals surface area contributed by atoms with Crippen LogP contribution < -0.4 is 0 Å². The van der Waals surface area contributed by atoms with Gasteiger partial charge < -0.3 is 0 Å². The fourth-order valence-corrected chi connectivity index (χ4v) is 3.35. The van der Waals surface area contributed by atoms with Crippen LogP contribution in [-0.2, 0) is 10.0 Å². The summed E-state index contributed by atoms with van der Waals surface area (Å²) in [6.07, 6.45) is 0. The number of hydrogen-bond donors (Lipinski definition) is 1. The molecule has 1 aromatic carbocycles. The van der Waals surface area contributed by atoms with Gasteiger partial charge in [-0.15, -0.1) is 10.2 Å². The molecule has 0 fully saturated rings. The second-order valence-electron chi connectivity index (χ2n) is 4.92. The van der Waals surface area contributed by atoms with Crippen LogP contribution in [0.4, 0.5) is 4.39 Å². The van der Waals surface area contributed by atoms with Crippen molar-refractivity contribution >= 4 is 10.0 Å². The number of rotatable bonds is 5. The van der Waals surface area contributed by atoms with Gasteiger partial charge in [0.1, 0.15) is 5.82 Å². The largest absolute Gasteiger partial charge is 0.242 e. The number of likely N-dealkylation sites (N-methyl/N-ethyl adjacent to an activating group) is 1. The van der Waals surface area contributed by atoms with Gasteiger partial charge in [-0.25, -0.2) is 17.1 Å². The molecule has 0 aliphatic rings. The number of tetrazole rings is 1. The third kappa shape index (κ3) is 3.42. The molecule has 2 rings (SSSR count). The van der Waals surface area contributed by atoms with Crippen LogP contribution in [-0.4, -0.2) is 46.9 Å². The third-order valence-corrected chi connectivity index (χ3v) is 4.86. The molecule has 1 N–H and O–H groups in total. The lowest BCUT2D eigenvalue weighted by Gasteiger charge is -2.20. The van der Waals surface area contributed by atoms with Crippen LogP contribution in [0.15, 0.2) is 23.1 Å². The van der Waals surface area contributed by atoms with Crippen molar-refractivity contribution in [2.24, 2.45) is 0 Å². The van der Waals surface area contributed by atoms with Crippen LogP contribution in [0.2, 0.25) is 0 Å². The molecular formula is C12H16FN5O2S. The summed E-state index contributed by atoms with van der Waals surface area (Å²) < 4.78 is 39.4. The molecule has 7 nitrogen and oxygen atoms in total. The first kappa shape index (κ1) is 15.5. The minimum atomic E-state index is -3.76. The zero-order valence-electron chi connectivity index (χ0n) is 11.9. The van der Waals surface area contributed by atoms with Gasteiger partial charge in [-0.2, -0.15) is 5.21 Å². The number of aromatic nitrogens is 4. The highest BCUT2D eigenvalue weighted by atomic mass is 32.2. The van der Waals surface area contributed by atoms with E-state index in [1.165, 1.54) is 19.2 Å². The number of sulfonamides is 1. The van der Waals surface area contributed by atoms with E-state index >= 15 is 0 Å². The minimum absolute atomic E-state index is 0.0668. The number of benzene rings is 1. The molecule has 0 spiro atoms. The molecule has 1 aromatic heterocycles. The lowest BCUT2D eigenvalue weighted by atomic mass is 10.2. The molecule has 0 saturated carbocycles. The summed E-state index contributed by atoms with van der Waals surface area (Å²) >= 11 is 0. The van der Waals surface area contributed by atoms with Crippen molar-refractivity contribution in [3.8, 4) is 0 Å². The Morgan fingerprint density at radius 1 is 1.38 bits per heavy atom. The van der Waals surface area contributed by atoms with E-state index in [1.54, 1.807) is 13.8 Å². The zero-order valence-corrected chi connectivity index (χ0v) is 12.7. The molecule has 2 aromatic rings. The molecular weight excluding hydrogens is 297 g/mol. The number of H-pyrrole nitrogens is 1. The molecule has 1 heterocycles. The third-order valence-electron chi connectivity index (χ3n) is 3.06. The summed E-state index contributed by atoms with van der Waals surface area (Å²) in [6, 6.07) is 3.73. The van der Waals surface area contributed by atoms with E-state index in [0.29, 0.717) is 11.4 Å². The molecule has 0 amide bonds. The average Bonchev–Trinajstić information content (AvgIpc) is 2.91. The Kier molecular flexibility index (Phi) is 4.33. The van der Waals surface area contributed by atoms with Crippen LogP contribution in [0, 0.1) is 12.7 Å². The highest BCUT2D eigenvalue weighted by Crippen LogP contribution is 2.20. The van der Waals surface area contributed by atoms with Crippen molar-refractivity contribution in [2.75, 3.05) is 13.6 Å². The van der Waals surface area contributed by atoms with E-state index in [9.17, 15) is 12.8 Å². The first-order chi connectivity index (χ1) is 9.80. The zero-order chi connectivity index (χ0) is 15.6. The van der Waals surface area contributed by atoms with Crippen molar-refractivity contribution in [3.05, 3.63) is 35.4 Å². The standard InChI is InChI=1S/C12H16FN5O2S/c1-8-4-10(13)6-11(5-8)21(19,20)18(3)7-9(2)12-14-16-17-15-12/h4-6,9H,7H2,1-3H3,(H,14,15,16,17)/t9-/m1/s1. The summed E-state index contributed by atoms with van der Waals surface area (Å²) in [6.45, 7) is 3.59. The van der Waals surface area contributed by atoms with Crippen LogP contribution in [0.25, 0.3) is 0 Å². The normalized spacial score (nSPS) is 13.6. The summed E-state index contributed by atoms with van der Waals surface area (Å²) in [5.74, 6) is -0.390. The number of halogens is 1. The van der Waals surface area contributed by atoms with Gasteiger partial charge in [-0.1, -0.05) is 12.1 Å². The van der Waals surface area contributed by atoms with Crippen molar-refractivity contribution in [1.82, 2.24) is 24.9 Å². The van der Waals surface area contributed by atoms with Crippen molar-refractivity contribution < 1.29 is 12.8 Å². The maximum Gasteiger partial charge on any atom is 0.242 e. The van der Waals surface area contributed by atoms with Gasteiger partial charge in [0.15, 0.2) is 5.82 Å². The van der Waals surface area contributed by atoms with Crippen molar-refractivity contribution in [3.63, 3.8) is 0 Å². The van der Waals surface area contributed by atoms with Gasteiger partial charge in [0.2, 0.25) is 10.0 Å². The predicted octanol–water partition coefficient (Wildman–Crippen LogP) is 1.07. The van der Waals surface area contributed by atoms with E-state index in [2.05, 4.69) is 20.6 Å². The van der Waals surface area contributed by atoms with Gasteiger partial charge in [0, 0.05) is 19.5 Å². The Morgan fingerprint density at radius 2 is 2.10 bits per heavy atom. The smallest absolute Gasteiger partial charge is 0.207 e. The molecule has 0 radical (unpaired) electrons. The lowest BCUT2D eigenvalue weighted by Crippen LogP contribution is -2.31. The number of nitrogens with zero attached hydrogens (tertiary/aromatic N) is 4. The molecule has 0 bridgehead atoms. The van der Waals surface area contributed by atoms with Crippen LogP contribution in [0.1, 0.15) is 24.2 Å². The van der Waals surface area contributed by atoms with E-state index in [1.807, 2.05) is 0 Å². The Morgan fingerprint density at radius 3 is 2.67 bits per heavy atom. The number of aryl methyl sites for hydroxylation is 1. The minimum Gasteiger partial charge on any atom is -0.207 e. The van der Waals surface area contributed by atoms with Crippen molar-refractivity contribution in [2.45, 2.75) is 24.7 Å². The molecule has 0 saturated heterocycles. The highest BCUT2D eigenvalue weighted by molar-refractivity contribution is 7.89. The Bertz CT molecular complexity index is 697. The van der Waals surface area contributed by atoms with Crippen LogP contribution in [0.3, 0.4) is 0 Å². The fraction of sp³-hybridized carbons (Fsp3) is 0.417. The molecule has 1 atom stereocenters. The van der Waals surface area contributed by atoms with Gasteiger partial charge >= 0.3 is 0 Å². The number of hydrogen-bond acceptors (Lipinski definition) is 5. The fourth-order valence-electron chi connectivity index (χ4n) is 1.98. The van der Waals surface area contributed by atoms with E-state index in [4.69, 9.17) is 0 Å². The molecule has 0 unspecified atom stereocenters. The average molecular weight is 313 g/mol. The molecule has 0 aliphatic heterocycles. The van der Waals surface area contributed by atoms with Crippen molar-refractivity contribution in [1.29, 1.82) is 0 Å². The van der Waals surface area contributed by atoms with Gasteiger partial charge in [-0.3, -0.25) is 0 Å². The second-order valence-corrected chi connectivity index (χ2v) is 6.97. The first-order valence-corrected chi connectivity index (χ1v) is 7.71. The predicted molar refractivity (Wildman–Crippen MR) is 73.5 cm³/mol. The first-order valence-electron chi connectivity index (χ1n) is 6.27. The Balaban J connectivity index is 2.22. The lowest BCUT2D eigenvalue weighted by molar-refractivity contribution is 0.439. The summed E-state index contributed by atoms with van der Waals surface area (Å²) in [5, 5.41) is 13.4. The topological polar surface area (TPSA) is 91.8 Å². The molecule has 21 heavy (non-hydrogen) atoms. The van der Waals surface area contributed by atoms with Gasteiger partial charge in [-0.05, 0) is 30.7 Å². The summed E-state index contributed by atoms with van der Waals surface area (Å²) in [4.78, 5) is -0.0668. The molecule has 9 heteroatoms. The van der Waals surface area contributed by atoms with Crippen LogP contribution >= 0.6 is 0 Å². The van der Waals surface area contributed by atoms with Gasteiger partial charge in [0.05, 0.1) is 4.90 Å². The summed E-state index contributed by atoms with van der Waals surface area (Å²) in [5.41, 5.74) is 0.549. The Labute approximate surface area is 122 Å². The van der Waals surface area contributed by atoms with Gasteiger partial charge in [0.25, 0.3) is 0 Å². The van der Waals surface area contributed by atoms with E-state index in [0.717, 1.165) is 10.4 Å². The maximum absolute atomic E-state index is 13.4. The molecule has 114 valence electrons. The van der Waals surface area contributed by atoms with E-state index in [-0.39, 0.29) is 17.4 Å². The number of nitrogens with one attached hydrogen (secondary N) is 1. The van der Waals surface area contributed by atoms with Crippen LogP contribution in [0.5, 0.6) is 0 Å². The Hall–Kier alpha value is -1.87. The monoisotopic (exact) mass is 313 g/mol. The van der Waals surface area contributed by atoms with E-state index < -0.39 is 15.8 Å². The maximum atomic E-state index is 13.4.